The highest BCUT2D eigenvalue weighted by molar-refractivity contribution is 8.01. The highest BCUT2D eigenvalue weighted by Crippen LogP contribution is 2.47. The molecule has 3 atom stereocenters. The molecule has 2 fully saturated rings. The fourth-order valence-electron chi connectivity index (χ4n) is 3.29. The number of carbonyl (C=O) groups excluding carboxylic acids is 2. The number of hydrogen-bond donors (Lipinski definition) is 1. The molecule has 1 aromatic carbocycles. The summed E-state index contributed by atoms with van der Waals surface area (Å²) >= 11 is 1.73. The Labute approximate surface area is 135 Å². The summed E-state index contributed by atoms with van der Waals surface area (Å²) in [5.41, 5.74) is 1.21. The molecule has 22 heavy (non-hydrogen) atoms. The van der Waals surface area contributed by atoms with E-state index < -0.39 is 0 Å². The molecular formula is C17H22N2O2S. The van der Waals surface area contributed by atoms with Gasteiger partial charge in [0.15, 0.2) is 0 Å². The lowest BCUT2D eigenvalue weighted by atomic mass is 10.0. The van der Waals surface area contributed by atoms with Gasteiger partial charge in [-0.2, -0.15) is 0 Å². The lowest BCUT2D eigenvalue weighted by molar-refractivity contribution is -0.137. The highest BCUT2D eigenvalue weighted by atomic mass is 32.2. The van der Waals surface area contributed by atoms with Crippen LogP contribution in [0.2, 0.25) is 0 Å². The molecule has 2 saturated heterocycles. The third-order valence-corrected chi connectivity index (χ3v) is 6.20. The number of benzene rings is 1. The van der Waals surface area contributed by atoms with E-state index in [1.54, 1.807) is 16.7 Å². The van der Waals surface area contributed by atoms with Crippen LogP contribution in [-0.4, -0.2) is 39.9 Å². The van der Waals surface area contributed by atoms with Crippen LogP contribution >= 0.6 is 11.8 Å². The molecule has 3 rings (SSSR count). The molecule has 0 aromatic heterocycles. The minimum Gasteiger partial charge on any atom is -0.354 e. The van der Waals surface area contributed by atoms with Crippen LogP contribution in [0.3, 0.4) is 0 Å². The van der Waals surface area contributed by atoms with Crippen molar-refractivity contribution in [3.63, 3.8) is 0 Å². The summed E-state index contributed by atoms with van der Waals surface area (Å²) in [4.78, 5) is 26.2. The van der Waals surface area contributed by atoms with Gasteiger partial charge in [-0.25, -0.2) is 0 Å². The van der Waals surface area contributed by atoms with Crippen LogP contribution < -0.4 is 5.32 Å². The SMILES string of the molecule is CC(CNC(=O)C1CSC2(C)CCC(=O)N12)c1ccccc1. The van der Waals surface area contributed by atoms with E-state index in [0.29, 0.717) is 18.7 Å². The second-order valence-corrected chi connectivity index (χ2v) is 7.82. The second kappa shape index (κ2) is 5.95. The molecule has 0 spiro atoms. The molecule has 5 heteroatoms. The van der Waals surface area contributed by atoms with Gasteiger partial charge in [0.2, 0.25) is 11.8 Å². The van der Waals surface area contributed by atoms with Gasteiger partial charge >= 0.3 is 0 Å². The van der Waals surface area contributed by atoms with E-state index in [2.05, 4.69) is 31.3 Å². The van der Waals surface area contributed by atoms with Crippen LogP contribution in [0, 0.1) is 0 Å². The van der Waals surface area contributed by atoms with E-state index in [4.69, 9.17) is 0 Å². The summed E-state index contributed by atoms with van der Waals surface area (Å²) in [6.45, 7) is 4.77. The number of carbonyl (C=O) groups is 2. The van der Waals surface area contributed by atoms with Gasteiger partial charge in [-0.1, -0.05) is 37.3 Å². The van der Waals surface area contributed by atoms with Crippen molar-refractivity contribution in [2.24, 2.45) is 0 Å². The van der Waals surface area contributed by atoms with Crippen LogP contribution in [-0.2, 0) is 9.59 Å². The first-order chi connectivity index (χ1) is 10.5. The Bertz CT molecular complexity index is 577. The molecule has 0 aliphatic carbocycles. The number of nitrogens with zero attached hydrogens (tertiary/aromatic N) is 1. The van der Waals surface area contributed by atoms with Gasteiger partial charge in [-0.15, -0.1) is 11.8 Å². The van der Waals surface area contributed by atoms with E-state index in [9.17, 15) is 9.59 Å². The number of amides is 2. The maximum atomic E-state index is 12.5. The minimum absolute atomic E-state index is 0.0192. The number of fused-ring (bicyclic) bond motifs is 1. The van der Waals surface area contributed by atoms with Crippen LogP contribution in [0.4, 0.5) is 0 Å². The molecule has 1 N–H and O–H groups in total. The average molecular weight is 318 g/mol. The summed E-state index contributed by atoms with van der Waals surface area (Å²) in [5.74, 6) is 1.06. The normalized spacial score (nSPS) is 28.5. The summed E-state index contributed by atoms with van der Waals surface area (Å²) < 4.78 is 0. The van der Waals surface area contributed by atoms with Crippen molar-refractivity contribution in [3.05, 3.63) is 35.9 Å². The molecule has 4 nitrogen and oxygen atoms in total. The van der Waals surface area contributed by atoms with Gasteiger partial charge < -0.3 is 10.2 Å². The van der Waals surface area contributed by atoms with Gasteiger partial charge in [0.05, 0.1) is 4.87 Å². The molecular weight excluding hydrogens is 296 g/mol. The lowest BCUT2D eigenvalue weighted by Crippen LogP contribution is -2.50. The Balaban J connectivity index is 1.60. The van der Waals surface area contributed by atoms with Gasteiger partial charge in [-0.3, -0.25) is 9.59 Å². The van der Waals surface area contributed by atoms with Gasteiger partial charge in [-0.05, 0) is 24.8 Å². The van der Waals surface area contributed by atoms with E-state index in [0.717, 1.165) is 6.42 Å². The van der Waals surface area contributed by atoms with E-state index in [1.165, 1.54) is 5.56 Å². The van der Waals surface area contributed by atoms with Crippen molar-refractivity contribution in [1.29, 1.82) is 0 Å². The third-order valence-electron chi connectivity index (χ3n) is 4.70. The fourth-order valence-corrected chi connectivity index (χ4v) is 4.72. The highest BCUT2D eigenvalue weighted by Gasteiger charge is 2.52. The van der Waals surface area contributed by atoms with Gasteiger partial charge in [0, 0.05) is 18.7 Å². The van der Waals surface area contributed by atoms with Crippen molar-refractivity contribution < 1.29 is 9.59 Å². The Hall–Kier alpha value is -1.49. The predicted octanol–water partition coefficient (Wildman–Crippen LogP) is 2.36. The maximum absolute atomic E-state index is 12.5. The van der Waals surface area contributed by atoms with E-state index in [-0.39, 0.29) is 28.6 Å². The fraction of sp³-hybridized carbons (Fsp3) is 0.529. The van der Waals surface area contributed by atoms with Gasteiger partial charge in [0.1, 0.15) is 6.04 Å². The first-order valence-electron chi connectivity index (χ1n) is 7.80. The number of nitrogens with one attached hydrogen (secondary N) is 1. The Morgan fingerprint density at radius 3 is 2.91 bits per heavy atom. The van der Waals surface area contributed by atoms with Crippen molar-refractivity contribution in [3.8, 4) is 0 Å². The summed E-state index contributed by atoms with van der Waals surface area (Å²) in [5, 5.41) is 3.03. The predicted molar refractivity (Wildman–Crippen MR) is 88.6 cm³/mol. The quantitative estimate of drug-likeness (QED) is 0.927. The third kappa shape index (κ3) is 2.74. The molecule has 2 heterocycles. The zero-order valence-corrected chi connectivity index (χ0v) is 13.9. The minimum atomic E-state index is -0.312. The van der Waals surface area contributed by atoms with Gasteiger partial charge in [0.25, 0.3) is 0 Å². The zero-order valence-electron chi connectivity index (χ0n) is 13.0. The first kappa shape index (κ1) is 15.4. The van der Waals surface area contributed by atoms with Crippen LogP contribution in [0.25, 0.3) is 0 Å². The van der Waals surface area contributed by atoms with E-state index >= 15 is 0 Å². The van der Waals surface area contributed by atoms with Crippen LogP contribution in [0.1, 0.15) is 38.2 Å². The van der Waals surface area contributed by atoms with Crippen LogP contribution in [0.15, 0.2) is 30.3 Å². The summed E-state index contributed by atoms with van der Waals surface area (Å²) in [7, 11) is 0. The van der Waals surface area contributed by atoms with Crippen molar-refractivity contribution in [2.75, 3.05) is 12.3 Å². The molecule has 1 aromatic rings. The molecule has 0 saturated carbocycles. The monoisotopic (exact) mass is 318 g/mol. The molecule has 118 valence electrons. The average Bonchev–Trinajstić information content (AvgIpc) is 3.02. The number of thioether (sulfide) groups is 1. The standard InChI is InChI=1S/C17H22N2O2S/c1-12(13-6-4-3-5-7-13)10-18-16(21)14-11-22-17(2)9-8-15(20)19(14)17/h3-7,12,14H,8-11H2,1-2H3,(H,18,21). The Morgan fingerprint density at radius 1 is 1.45 bits per heavy atom. The second-order valence-electron chi connectivity index (χ2n) is 6.32. The zero-order chi connectivity index (χ0) is 15.7. The molecule has 2 amide bonds. The Morgan fingerprint density at radius 2 is 2.18 bits per heavy atom. The van der Waals surface area contributed by atoms with Crippen molar-refractivity contribution >= 4 is 23.6 Å². The van der Waals surface area contributed by atoms with Crippen molar-refractivity contribution in [2.45, 2.75) is 43.5 Å². The van der Waals surface area contributed by atoms with E-state index in [1.807, 2.05) is 18.2 Å². The lowest BCUT2D eigenvalue weighted by Gasteiger charge is -2.30. The molecule has 2 aliphatic rings. The topological polar surface area (TPSA) is 49.4 Å². The number of rotatable bonds is 4. The summed E-state index contributed by atoms with van der Waals surface area (Å²) in [6, 6.07) is 9.84. The van der Waals surface area contributed by atoms with Crippen LogP contribution in [0.5, 0.6) is 0 Å². The smallest absolute Gasteiger partial charge is 0.243 e. The van der Waals surface area contributed by atoms with Crippen molar-refractivity contribution in [1.82, 2.24) is 10.2 Å². The molecule has 0 bridgehead atoms. The first-order valence-corrected chi connectivity index (χ1v) is 8.78. The maximum Gasteiger partial charge on any atom is 0.243 e. The molecule has 2 aliphatic heterocycles. The Kier molecular flexibility index (Phi) is 4.17. The largest absolute Gasteiger partial charge is 0.354 e. The number of hydrogen-bond acceptors (Lipinski definition) is 3. The molecule has 0 radical (unpaired) electrons. The molecule has 3 unspecified atom stereocenters. The summed E-state index contributed by atoms with van der Waals surface area (Å²) in [6.07, 6.45) is 1.41.